The third kappa shape index (κ3) is 4.25. The van der Waals surface area contributed by atoms with Crippen LogP contribution in [0.4, 0.5) is 15.9 Å². The lowest BCUT2D eigenvalue weighted by atomic mass is 10.0. The van der Waals surface area contributed by atoms with Gasteiger partial charge in [-0.25, -0.2) is 4.39 Å². The van der Waals surface area contributed by atoms with Gasteiger partial charge in [-0.15, -0.1) is 0 Å². The van der Waals surface area contributed by atoms with Crippen molar-refractivity contribution in [1.82, 2.24) is 14.8 Å². The molecule has 35 heavy (non-hydrogen) atoms. The van der Waals surface area contributed by atoms with E-state index in [4.69, 9.17) is 9.47 Å². The number of fused-ring (bicyclic) bond motifs is 1. The number of aromatic nitrogens is 1. The number of benzene rings is 1. The van der Waals surface area contributed by atoms with Crippen LogP contribution in [0.5, 0.6) is 11.5 Å². The minimum absolute atomic E-state index is 0.0108. The van der Waals surface area contributed by atoms with Crippen LogP contribution in [0.2, 0.25) is 0 Å². The summed E-state index contributed by atoms with van der Waals surface area (Å²) >= 11 is 0. The van der Waals surface area contributed by atoms with Crippen LogP contribution in [-0.2, 0) is 11.3 Å². The van der Waals surface area contributed by atoms with Crippen LogP contribution in [0.25, 0.3) is 0 Å². The van der Waals surface area contributed by atoms with E-state index in [2.05, 4.69) is 15.5 Å². The lowest BCUT2D eigenvalue weighted by molar-refractivity contribution is -0.117. The number of pyridine rings is 1. The first kappa shape index (κ1) is 22.4. The molecule has 4 aliphatic heterocycles. The molecule has 9 nitrogen and oxygen atoms in total. The largest absolute Gasteiger partial charge is 0.486 e. The van der Waals surface area contributed by atoms with Crippen molar-refractivity contribution < 1.29 is 18.7 Å². The zero-order chi connectivity index (χ0) is 23.9. The zero-order valence-electron chi connectivity index (χ0n) is 19.6. The Kier molecular flexibility index (Phi) is 5.85. The molecule has 0 radical (unpaired) electrons. The number of amides is 1. The van der Waals surface area contributed by atoms with Crippen molar-refractivity contribution in [2.75, 3.05) is 56.2 Å². The van der Waals surface area contributed by atoms with E-state index in [1.165, 1.54) is 6.07 Å². The number of ether oxygens (including phenoxy) is 2. The maximum absolute atomic E-state index is 14.5. The number of rotatable bonds is 5. The number of carbonyl (C=O) groups excluding carboxylic acids is 1. The molecule has 1 atom stereocenters. The van der Waals surface area contributed by atoms with Crippen LogP contribution in [0, 0.1) is 5.82 Å². The number of anilines is 2. The molecule has 4 aliphatic rings. The molecule has 1 unspecified atom stereocenters. The summed E-state index contributed by atoms with van der Waals surface area (Å²) in [7, 11) is 0. The van der Waals surface area contributed by atoms with E-state index in [9.17, 15) is 14.0 Å². The summed E-state index contributed by atoms with van der Waals surface area (Å²) in [6.07, 6.45) is 2.67. The molecule has 1 saturated heterocycles. The molecular weight excluding hydrogens is 453 g/mol. The minimum atomic E-state index is -0.282. The minimum Gasteiger partial charge on any atom is -0.486 e. The van der Waals surface area contributed by atoms with Crippen LogP contribution >= 0.6 is 0 Å². The summed E-state index contributed by atoms with van der Waals surface area (Å²) in [5.41, 5.74) is 1.37. The number of likely N-dealkylation sites (tertiary alicyclic amines) is 1. The van der Waals surface area contributed by atoms with E-state index in [1.807, 2.05) is 0 Å². The van der Waals surface area contributed by atoms with Crippen LogP contribution in [0.1, 0.15) is 30.9 Å². The van der Waals surface area contributed by atoms with Gasteiger partial charge in [0.05, 0.1) is 18.3 Å². The Morgan fingerprint density at radius 1 is 1.03 bits per heavy atom. The van der Waals surface area contributed by atoms with Gasteiger partial charge in [-0.3, -0.25) is 19.1 Å². The molecule has 0 saturated carbocycles. The summed E-state index contributed by atoms with van der Waals surface area (Å²) in [6, 6.07) is 6.85. The second-order valence-corrected chi connectivity index (χ2v) is 9.66. The molecule has 10 heteroatoms. The lowest BCUT2D eigenvalue weighted by Gasteiger charge is -2.42. The Morgan fingerprint density at radius 3 is 2.60 bits per heavy atom. The SMILES string of the molecule is O=C1CNc2ccc(=O)n3c2N1CCC3CN1CCC(NCc2cc3c(cc2F)OCCO3)CC1. The molecule has 0 aliphatic carbocycles. The van der Waals surface area contributed by atoms with Crippen LogP contribution in [0.3, 0.4) is 0 Å². The molecular formula is C25H30FN5O4. The molecule has 0 spiro atoms. The first-order valence-electron chi connectivity index (χ1n) is 12.4. The maximum Gasteiger partial charge on any atom is 0.252 e. The Bertz CT molecular complexity index is 1190. The number of piperidine rings is 1. The predicted octanol–water partition coefficient (Wildman–Crippen LogP) is 1.72. The first-order valence-corrected chi connectivity index (χ1v) is 12.4. The highest BCUT2D eigenvalue weighted by atomic mass is 19.1. The standard InChI is InChI=1S/C25H30FN5O4/c26-19-12-22-21(34-9-10-35-22)11-16(19)13-27-17-3-6-29(7-4-17)15-18-5-8-30-24(33)14-28-20-1-2-23(32)31(18)25(20)30/h1-2,11-12,17-18,27-28H,3-10,13-15H2. The van der Waals surface area contributed by atoms with E-state index in [-0.39, 0.29) is 29.9 Å². The number of hydrogen-bond donors (Lipinski definition) is 2. The van der Waals surface area contributed by atoms with Crippen molar-refractivity contribution in [2.45, 2.75) is 37.9 Å². The molecule has 186 valence electrons. The van der Waals surface area contributed by atoms with E-state index in [0.29, 0.717) is 55.2 Å². The lowest BCUT2D eigenvalue weighted by Crippen LogP contribution is -2.51. The molecule has 2 aromatic rings. The van der Waals surface area contributed by atoms with Crippen molar-refractivity contribution in [1.29, 1.82) is 0 Å². The number of nitrogens with one attached hydrogen (secondary N) is 2. The van der Waals surface area contributed by atoms with Gasteiger partial charge in [0.25, 0.3) is 5.56 Å². The van der Waals surface area contributed by atoms with Crippen molar-refractivity contribution >= 4 is 17.4 Å². The fourth-order valence-corrected chi connectivity index (χ4v) is 5.62. The summed E-state index contributed by atoms with van der Waals surface area (Å²) in [5.74, 6) is 1.51. The van der Waals surface area contributed by atoms with E-state index >= 15 is 0 Å². The Labute approximate surface area is 202 Å². The highest BCUT2D eigenvalue weighted by Gasteiger charge is 2.35. The van der Waals surface area contributed by atoms with Crippen LogP contribution in [0.15, 0.2) is 29.1 Å². The molecule has 5 heterocycles. The van der Waals surface area contributed by atoms with E-state index in [1.54, 1.807) is 27.7 Å². The highest BCUT2D eigenvalue weighted by Crippen LogP contribution is 2.36. The normalized spacial score (nSPS) is 22.0. The highest BCUT2D eigenvalue weighted by molar-refractivity contribution is 6.01. The van der Waals surface area contributed by atoms with Crippen molar-refractivity contribution in [3.8, 4) is 11.5 Å². The Hall–Kier alpha value is -3.11. The van der Waals surface area contributed by atoms with E-state index in [0.717, 1.165) is 44.6 Å². The first-order chi connectivity index (χ1) is 17.1. The molecule has 2 N–H and O–H groups in total. The van der Waals surface area contributed by atoms with E-state index < -0.39 is 0 Å². The summed E-state index contributed by atoms with van der Waals surface area (Å²) < 4.78 is 27.3. The smallest absolute Gasteiger partial charge is 0.252 e. The number of halogens is 1. The van der Waals surface area contributed by atoms with Crippen LogP contribution < -0.4 is 30.6 Å². The molecule has 6 rings (SSSR count). The van der Waals surface area contributed by atoms with Gasteiger partial charge < -0.3 is 25.0 Å². The average Bonchev–Trinajstić information content (AvgIpc) is 2.87. The van der Waals surface area contributed by atoms with Gasteiger partial charge in [-0.05, 0) is 44.5 Å². The second kappa shape index (κ2) is 9.16. The average molecular weight is 484 g/mol. The Morgan fingerprint density at radius 2 is 1.80 bits per heavy atom. The zero-order valence-corrected chi connectivity index (χ0v) is 19.6. The summed E-state index contributed by atoms with van der Waals surface area (Å²) in [5, 5.41) is 6.64. The summed E-state index contributed by atoms with van der Waals surface area (Å²) in [4.78, 5) is 29.3. The van der Waals surface area contributed by atoms with Crippen LogP contribution in [-0.4, -0.2) is 67.4 Å². The second-order valence-electron chi connectivity index (χ2n) is 9.66. The van der Waals surface area contributed by atoms with Gasteiger partial charge >= 0.3 is 0 Å². The quantitative estimate of drug-likeness (QED) is 0.670. The van der Waals surface area contributed by atoms with Gasteiger partial charge in [-0.2, -0.15) is 0 Å². The maximum atomic E-state index is 14.5. The Balaban J connectivity index is 1.07. The van der Waals surface area contributed by atoms with Gasteiger partial charge in [0, 0.05) is 43.4 Å². The van der Waals surface area contributed by atoms with Crippen molar-refractivity contribution in [3.63, 3.8) is 0 Å². The number of carbonyl (C=O) groups is 1. The van der Waals surface area contributed by atoms with Gasteiger partial charge in [0.2, 0.25) is 5.91 Å². The fourth-order valence-electron chi connectivity index (χ4n) is 5.62. The summed E-state index contributed by atoms with van der Waals surface area (Å²) in [6.45, 7) is 4.87. The van der Waals surface area contributed by atoms with Gasteiger partial charge in [0.1, 0.15) is 24.8 Å². The monoisotopic (exact) mass is 483 g/mol. The topological polar surface area (TPSA) is 88.1 Å². The number of hydrogen-bond acceptors (Lipinski definition) is 7. The molecule has 1 amide bonds. The third-order valence-corrected chi connectivity index (χ3v) is 7.49. The van der Waals surface area contributed by atoms with Crippen molar-refractivity contribution in [2.24, 2.45) is 0 Å². The molecule has 1 fully saturated rings. The fraction of sp³-hybridized carbons (Fsp3) is 0.520. The third-order valence-electron chi connectivity index (χ3n) is 7.49. The molecule has 1 aromatic carbocycles. The number of nitrogens with zero attached hydrogens (tertiary/aromatic N) is 3. The molecule has 0 bridgehead atoms. The predicted molar refractivity (Wildman–Crippen MR) is 129 cm³/mol. The molecule has 1 aromatic heterocycles. The van der Waals surface area contributed by atoms with Gasteiger partial charge in [0.15, 0.2) is 11.5 Å². The van der Waals surface area contributed by atoms with Crippen molar-refractivity contribution in [3.05, 3.63) is 46.0 Å². The van der Waals surface area contributed by atoms with Gasteiger partial charge in [-0.1, -0.05) is 0 Å².